The van der Waals surface area contributed by atoms with Crippen molar-refractivity contribution in [2.45, 2.75) is 22.9 Å². The SMILES string of the molecule is O=C(c1ccccc1)c1cc(Cl)ccc1NC(=O)[C@@]1(I)CCCN1Cc1ccc(Cl)c(Cl)c1. The highest BCUT2D eigenvalue weighted by molar-refractivity contribution is 14.1. The number of benzene rings is 3. The highest BCUT2D eigenvalue weighted by Crippen LogP contribution is 2.39. The fourth-order valence-corrected chi connectivity index (χ4v) is 5.36. The van der Waals surface area contributed by atoms with Crippen LogP contribution in [0.15, 0.2) is 66.7 Å². The van der Waals surface area contributed by atoms with E-state index in [0.717, 1.165) is 18.5 Å². The molecule has 0 bridgehead atoms. The topological polar surface area (TPSA) is 49.4 Å². The average Bonchev–Trinajstić information content (AvgIpc) is 3.19. The Balaban J connectivity index is 1.58. The number of hydrogen-bond acceptors (Lipinski definition) is 3. The second-order valence-corrected chi connectivity index (χ2v) is 10.9. The number of nitrogens with one attached hydrogen (secondary N) is 1. The summed E-state index contributed by atoms with van der Waals surface area (Å²) in [6.07, 6.45) is 1.57. The average molecular weight is 614 g/mol. The van der Waals surface area contributed by atoms with Crippen LogP contribution in [0.2, 0.25) is 15.1 Å². The van der Waals surface area contributed by atoms with Crippen molar-refractivity contribution in [3.05, 3.63) is 98.5 Å². The Morgan fingerprint density at radius 1 is 0.970 bits per heavy atom. The summed E-state index contributed by atoms with van der Waals surface area (Å²) < 4.78 is -0.767. The third-order valence-electron chi connectivity index (χ3n) is 5.65. The van der Waals surface area contributed by atoms with Crippen LogP contribution in [0.5, 0.6) is 0 Å². The Labute approximate surface area is 221 Å². The summed E-state index contributed by atoms with van der Waals surface area (Å²) >= 11 is 20.6. The zero-order chi connectivity index (χ0) is 23.6. The number of carbonyl (C=O) groups is 2. The minimum atomic E-state index is -0.767. The number of halogens is 4. The van der Waals surface area contributed by atoms with Gasteiger partial charge in [0.05, 0.1) is 15.7 Å². The number of alkyl halides is 1. The number of nitrogens with zero attached hydrogens (tertiary/aromatic N) is 1. The van der Waals surface area contributed by atoms with Crippen molar-refractivity contribution in [2.24, 2.45) is 0 Å². The van der Waals surface area contributed by atoms with Gasteiger partial charge in [0.1, 0.15) is 0 Å². The number of hydrogen-bond donors (Lipinski definition) is 1. The lowest BCUT2D eigenvalue weighted by atomic mass is 10.0. The molecule has 0 aliphatic carbocycles. The molecule has 170 valence electrons. The van der Waals surface area contributed by atoms with E-state index in [1.54, 1.807) is 48.5 Å². The minimum absolute atomic E-state index is 0.176. The molecule has 1 saturated heterocycles. The molecule has 4 rings (SSSR count). The zero-order valence-electron chi connectivity index (χ0n) is 17.5. The maximum Gasteiger partial charge on any atom is 0.255 e. The second kappa shape index (κ2) is 10.3. The van der Waals surface area contributed by atoms with Gasteiger partial charge in [-0.05, 0) is 48.7 Å². The Bertz CT molecular complexity index is 1210. The maximum atomic E-state index is 13.5. The Morgan fingerprint density at radius 3 is 2.45 bits per heavy atom. The van der Waals surface area contributed by atoms with Crippen molar-refractivity contribution in [1.82, 2.24) is 4.90 Å². The van der Waals surface area contributed by atoms with Crippen LogP contribution in [0.3, 0.4) is 0 Å². The van der Waals surface area contributed by atoms with Gasteiger partial charge in [-0.25, -0.2) is 0 Å². The summed E-state index contributed by atoms with van der Waals surface area (Å²) in [4.78, 5) is 28.7. The van der Waals surface area contributed by atoms with Crippen LogP contribution in [0, 0.1) is 0 Å². The fourth-order valence-electron chi connectivity index (χ4n) is 3.94. The van der Waals surface area contributed by atoms with Crippen molar-refractivity contribution in [1.29, 1.82) is 0 Å². The van der Waals surface area contributed by atoms with Gasteiger partial charge >= 0.3 is 0 Å². The number of anilines is 1. The first-order valence-corrected chi connectivity index (χ1v) is 12.6. The summed E-state index contributed by atoms with van der Waals surface area (Å²) in [6, 6.07) is 19.4. The van der Waals surface area contributed by atoms with Gasteiger partial charge in [-0.2, -0.15) is 0 Å². The quantitative estimate of drug-likeness (QED) is 0.138. The van der Waals surface area contributed by atoms with Gasteiger partial charge in [0, 0.05) is 29.2 Å². The molecule has 1 heterocycles. The van der Waals surface area contributed by atoms with E-state index in [2.05, 4.69) is 32.8 Å². The largest absolute Gasteiger partial charge is 0.323 e. The summed E-state index contributed by atoms with van der Waals surface area (Å²) in [7, 11) is 0. The number of carbonyl (C=O) groups excluding carboxylic acids is 2. The van der Waals surface area contributed by atoms with Gasteiger partial charge in [-0.15, -0.1) is 0 Å². The van der Waals surface area contributed by atoms with Crippen LogP contribution < -0.4 is 5.32 Å². The van der Waals surface area contributed by atoms with E-state index in [1.807, 2.05) is 18.2 Å². The lowest BCUT2D eigenvalue weighted by molar-refractivity contribution is -0.121. The first kappa shape index (κ1) is 24.5. The summed E-state index contributed by atoms with van der Waals surface area (Å²) in [6.45, 7) is 1.33. The summed E-state index contributed by atoms with van der Waals surface area (Å²) in [5, 5.41) is 4.41. The molecule has 1 aliphatic rings. The third kappa shape index (κ3) is 5.38. The third-order valence-corrected chi connectivity index (χ3v) is 8.34. The molecule has 0 saturated carbocycles. The van der Waals surface area contributed by atoms with Crippen molar-refractivity contribution in [3.8, 4) is 0 Å². The van der Waals surface area contributed by atoms with E-state index in [4.69, 9.17) is 34.8 Å². The van der Waals surface area contributed by atoms with Gasteiger partial charge in [0.2, 0.25) is 0 Å². The molecule has 0 radical (unpaired) electrons. The smallest absolute Gasteiger partial charge is 0.255 e. The molecule has 8 heteroatoms. The molecule has 1 fully saturated rings. The van der Waals surface area contributed by atoms with Crippen LogP contribution in [0.4, 0.5) is 5.69 Å². The molecule has 1 aliphatic heterocycles. The molecule has 3 aromatic rings. The van der Waals surface area contributed by atoms with Gasteiger partial charge in [0.15, 0.2) is 9.33 Å². The van der Waals surface area contributed by atoms with E-state index in [1.165, 1.54) is 0 Å². The van der Waals surface area contributed by atoms with Gasteiger partial charge in [-0.3, -0.25) is 14.5 Å². The standard InChI is InChI=1S/C25H20Cl3IN2O2/c26-18-8-10-22(19(14-18)23(32)17-5-2-1-3-6-17)30-24(33)25(29)11-4-12-31(25)15-16-7-9-20(27)21(28)13-16/h1-3,5-10,13-14H,4,11-12,15H2,(H,30,33)/t25-/m1/s1. The molecule has 4 nitrogen and oxygen atoms in total. The fraction of sp³-hybridized carbons (Fsp3) is 0.200. The maximum absolute atomic E-state index is 13.5. The molecular formula is C25H20Cl3IN2O2. The Morgan fingerprint density at radius 2 is 1.73 bits per heavy atom. The van der Waals surface area contributed by atoms with Gasteiger partial charge in [-0.1, -0.05) is 93.8 Å². The Hall–Kier alpha value is -1.64. The lowest BCUT2D eigenvalue weighted by Gasteiger charge is -2.32. The van der Waals surface area contributed by atoms with Gasteiger partial charge < -0.3 is 5.32 Å². The van der Waals surface area contributed by atoms with Crippen molar-refractivity contribution in [3.63, 3.8) is 0 Å². The molecule has 33 heavy (non-hydrogen) atoms. The second-order valence-electron chi connectivity index (χ2n) is 7.87. The molecular weight excluding hydrogens is 594 g/mol. The minimum Gasteiger partial charge on any atom is -0.323 e. The van der Waals surface area contributed by atoms with E-state index in [-0.39, 0.29) is 11.7 Å². The predicted molar refractivity (Wildman–Crippen MR) is 143 cm³/mol. The van der Waals surface area contributed by atoms with Crippen molar-refractivity contribution in [2.75, 3.05) is 11.9 Å². The number of amides is 1. The number of ketones is 1. The van der Waals surface area contributed by atoms with Crippen LogP contribution >= 0.6 is 57.4 Å². The van der Waals surface area contributed by atoms with Crippen molar-refractivity contribution < 1.29 is 9.59 Å². The molecule has 1 amide bonds. The molecule has 0 aromatic heterocycles. The first-order valence-electron chi connectivity index (χ1n) is 10.4. The van der Waals surface area contributed by atoms with E-state index >= 15 is 0 Å². The molecule has 0 spiro atoms. The Kier molecular flexibility index (Phi) is 7.66. The summed E-state index contributed by atoms with van der Waals surface area (Å²) in [5.74, 6) is -0.375. The van der Waals surface area contributed by atoms with Crippen LogP contribution in [0.1, 0.15) is 34.3 Å². The van der Waals surface area contributed by atoms with Crippen LogP contribution in [-0.4, -0.2) is 26.7 Å². The highest BCUT2D eigenvalue weighted by Gasteiger charge is 2.45. The van der Waals surface area contributed by atoms with Crippen LogP contribution in [-0.2, 0) is 11.3 Å². The predicted octanol–water partition coefficient (Wildman–Crippen LogP) is 7.24. The number of rotatable bonds is 6. The van der Waals surface area contributed by atoms with E-state index < -0.39 is 3.55 Å². The van der Waals surface area contributed by atoms with Crippen molar-refractivity contribution >= 4 is 74.8 Å². The molecule has 3 aromatic carbocycles. The molecule has 0 unspecified atom stereocenters. The molecule has 1 N–H and O–H groups in total. The van der Waals surface area contributed by atoms with Gasteiger partial charge in [0.25, 0.3) is 5.91 Å². The lowest BCUT2D eigenvalue weighted by Crippen LogP contribution is -2.47. The summed E-state index contributed by atoms with van der Waals surface area (Å²) in [5.41, 5.74) is 2.31. The van der Waals surface area contributed by atoms with E-state index in [0.29, 0.717) is 44.8 Å². The zero-order valence-corrected chi connectivity index (χ0v) is 21.9. The molecule has 1 atom stereocenters. The first-order chi connectivity index (χ1) is 15.8. The highest BCUT2D eigenvalue weighted by atomic mass is 127. The van der Waals surface area contributed by atoms with E-state index in [9.17, 15) is 9.59 Å². The van der Waals surface area contributed by atoms with Crippen LogP contribution in [0.25, 0.3) is 0 Å². The number of likely N-dealkylation sites (tertiary alicyclic amines) is 1. The monoisotopic (exact) mass is 612 g/mol. The normalized spacial score (nSPS) is 18.3.